The third-order valence-corrected chi connectivity index (χ3v) is 4.21. The number of nitrogens with zero attached hydrogens (tertiary/aromatic N) is 3. The van der Waals surface area contributed by atoms with Crippen molar-refractivity contribution in [2.24, 2.45) is 0 Å². The summed E-state index contributed by atoms with van der Waals surface area (Å²) >= 11 is 0. The average molecular weight is 265 g/mol. The van der Waals surface area contributed by atoms with Crippen LogP contribution < -0.4 is 0 Å². The number of aryl methyl sites for hydroxylation is 2. The molecule has 3 rings (SSSR count). The minimum absolute atomic E-state index is 0.417. The van der Waals surface area contributed by atoms with Crippen LogP contribution in [0.25, 0.3) is 11.4 Å². The number of fused-ring (bicyclic) bond motifs is 1. The molecule has 0 radical (unpaired) electrons. The fourth-order valence-corrected chi connectivity index (χ4v) is 2.94. The van der Waals surface area contributed by atoms with Crippen LogP contribution in [0.3, 0.4) is 0 Å². The Kier molecular flexibility index (Phi) is 3.31. The molecule has 3 nitrogen and oxygen atoms in total. The summed E-state index contributed by atoms with van der Waals surface area (Å²) in [6.45, 7) is 5.28. The zero-order valence-corrected chi connectivity index (χ0v) is 12.1. The van der Waals surface area contributed by atoms with Gasteiger partial charge in [0, 0.05) is 17.8 Å². The summed E-state index contributed by atoms with van der Waals surface area (Å²) in [4.78, 5) is 4.76. The number of rotatable bonds is 2. The van der Waals surface area contributed by atoms with Gasteiger partial charge >= 0.3 is 0 Å². The molecule has 2 aromatic rings. The van der Waals surface area contributed by atoms with E-state index in [1.54, 1.807) is 0 Å². The zero-order valence-electron chi connectivity index (χ0n) is 12.1. The zero-order chi connectivity index (χ0) is 14.1. The molecule has 0 unspecified atom stereocenters. The Morgan fingerprint density at radius 3 is 2.85 bits per heavy atom. The van der Waals surface area contributed by atoms with Gasteiger partial charge in [-0.05, 0) is 50.3 Å². The van der Waals surface area contributed by atoms with Crippen molar-refractivity contribution in [1.82, 2.24) is 9.55 Å². The van der Waals surface area contributed by atoms with Crippen LogP contribution in [-0.4, -0.2) is 9.55 Å². The second-order valence-corrected chi connectivity index (χ2v) is 5.57. The highest BCUT2D eigenvalue weighted by atomic mass is 15.1. The first-order valence-electron chi connectivity index (χ1n) is 7.23. The summed E-state index contributed by atoms with van der Waals surface area (Å²) in [6, 6.07) is 8.74. The van der Waals surface area contributed by atoms with Crippen molar-refractivity contribution in [3.8, 4) is 17.5 Å². The Bertz CT molecular complexity index is 689. The molecular formula is C17H19N3. The number of benzene rings is 1. The first kappa shape index (κ1) is 12.9. The molecule has 20 heavy (non-hydrogen) atoms. The smallest absolute Gasteiger partial charge is 0.140 e. The van der Waals surface area contributed by atoms with Crippen LogP contribution >= 0.6 is 0 Å². The highest BCUT2D eigenvalue weighted by Gasteiger charge is 2.20. The van der Waals surface area contributed by atoms with Crippen LogP contribution in [-0.2, 0) is 19.4 Å². The van der Waals surface area contributed by atoms with Crippen LogP contribution in [0, 0.1) is 25.2 Å². The fraction of sp³-hybridized carbons (Fsp3) is 0.412. The SMILES string of the molecule is Cc1ccc(-c2nc(CC#N)c3n2CCCC3)cc1C. The molecule has 0 amide bonds. The molecule has 0 saturated carbocycles. The molecule has 1 aliphatic rings. The number of hydrogen-bond acceptors (Lipinski definition) is 2. The monoisotopic (exact) mass is 265 g/mol. The van der Waals surface area contributed by atoms with E-state index in [0.717, 1.165) is 24.5 Å². The molecule has 3 heteroatoms. The van der Waals surface area contributed by atoms with Crippen molar-refractivity contribution in [2.75, 3.05) is 0 Å². The molecule has 0 spiro atoms. The van der Waals surface area contributed by atoms with Crippen LogP contribution in [0.5, 0.6) is 0 Å². The maximum Gasteiger partial charge on any atom is 0.140 e. The molecule has 0 aliphatic carbocycles. The lowest BCUT2D eigenvalue weighted by Crippen LogP contribution is -2.12. The summed E-state index contributed by atoms with van der Waals surface area (Å²) < 4.78 is 2.32. The Hall–Kier alpha value is -2.08. The molecule has 1 aromatic carbocycles. The van der Waals surface area contributed by atoms with Gasteiger partial charge in [0.1, 0.15) is 5.82 Å². The number of hydrogen-bond donors (Lipinski definition) is 0. The topological polar surface area (TPSA) is 41.6 Å². The Morgan fingerprint density at radius 1 is 1.25 bits per heavy atom. The molecular weight excluding hydrogens is 246 g/mol. The average Bonchev–Trinajstić information content (AvgIpc) is 2.82. The third kappa shape index (κ3) is 2.12. The molecule has 0 bridgehead atoms. The van der Waals surface area contributed by atoms with Crippen LogP contribution in [0.1, 0.15) is 35.4 Å². The summed E-state index contributed by atoms with van der Waals surface area (Å²) in [6.07, 6.45) is 3.87. The molecule has 0 N–H and O–H groups in total. The van der Waals surface area contributed by atoms with Crippen molar-refractivity contribution < 1.29 is 0 Å². The number of nitriles is 1. The molecule has 1 aromatic heterocycles. The van der Waals surface area contributed by atoms with Crippen LogP contribution in [0.4, 0.5) is 0 Å². The molecule has 0 fully saturated rings. The van der Waals surface area contributed by atoms with Crippen molar-refractivity contribution in [3.05, 3.63) is 40.7 Å². The van der Waals surface area contributed by atoms with Crippen molar-refractivity contribution >= 4 is 0 Å². The van der Waals surface area contributed by atoms with E-state index in [9.17, 15) is 0 Å². The third-order valence-electron chi connectivity index (χ3n) is 4.21. The highest BCUT2D eigenvalue weighted by molar-refractivity contribution is 5.59. The first-order chi connectivity index (χ1) is 9.70. The van der Waals surface area contributed by atoms with Crippen LogP contribution in [0.15, 0.2) is 18.2 Å². The normalized spacial score (nSPS) is 13.8. The second-order valence-electron chi connectivity index (χ2n) is 5.57. The molecule has 0 atom stereocenters. The van der Waals surface area contributed by atoms with Crippen LogP contribution in [0.2, 0.25) is 0 Å². The molecule has 1 aliphatic heterocycles. The van der Waals surface area contributed by atoms with Crippen molar-refractivity contribution in [3.63, 3.8) is 0 Å². The maximum atomic E-state index is 8.98. The van der Waals surface area contributed by atoms with E-state index in [1.807, 2.05) is 0 Å². The summed E-state index contributed by atoms with van der Waals surface area (Å²) in [5, 5.41) is 8.98. The van der Waals surface area contributed by atoms with Gasteiger partial charge in [0.05, 0.1) is 18.2 Å². The van der Waals surface area contributed by atoms with E-state index in [1.165, 1.54) is 35.2 Å². The molecule has 2 heterocycles. The quantitative estimate of drug-likeness (QED) is 0.833. The van der Waals surface area contributed by atoms with Gasteiger partial charge in [-0.25, -0.2) is 4.98 Å². The lowest BCUT2D eigenvalue weighted by atomic mass is 10.0. The van der Waals surface area contributed by atoms with Gasteiger partial charge in [-0.15, -0.1) is 0 Å². The fourth-order valence-electron chi connectivity index (χ4n) is 2.94. The predicted octanol–water partition coefficient (Wildman–Crippen LogP) is 3.57. The Balaban J connectivity index is 2.13. The van der Waals surface area contributed by atoms with E-state index in [2.05, 4.69) is 42.7 Å². The molecule has 0 saturated heterocycles. The maximum absolute atomic E-state index is 8.98. The second kappa shape index (κ2) is 5.13. The lowest BCUT2D eigenvalue weighted by molar-refractivity contribution is 0.534. The summed E-state index contributed by atoms with van der Waals surface area (Å²) in [5.41, 5.74) is 6.00. The van der Waals surface area contributed by atoms with Gasteiger partial charge < -0.3 is 4.57 Å². The number of imidazole rings is 1. The van der Waals surface area contributed by atoms with Gasteiger partial charge in [-0.2, -0.15) is 5.26 Å². The summed E-state index contributed by atoms with van der Waals surface area (Å²) in [5.74, 6) is 1.04. The van der Waals surface area contributed by atoms with Gasteiger partial charge in [-0.1, -0.05) is 12.1 Å². The molecule has 102 valence electrons. The van der Waals surface area contributed by atoms with Gasteiger partial charge in [0.15, 0.2) is 0 Å². The van der Waals surface area contributed by atoms with E-state index in [0.29, 0.717) is 6.42 Å². The van der Waals surface area contributed by atoms with E-state index < -0.39 is 0 Å². The standard InChI is InChI=1S/C17H19N3/c1-12-6-7-14(11-13(12)2)17-19-15(8-9-18)16-5-3-4-10-20(16)17/h6-7,11H,3-5,8,10H2,1-2H3. The first-order valence-corrected chi connectivity index (χ1v) is 7.23. The van der Waals surface area contributed by atoms with Crippen molar-refractivity contribution in [2.45, 2.75) is 46.1 Å². The van der Waals surface area contributed by atoms with E-state index in [4.69, 9.17) is 10.2 Å². The number of aromatic nitrogens is 2. The lowest BCUT2D eigenvalue weighted by Gasteiger charge is -2.17. The summed E-state index contributed by atoms with van der Waals surface area (Å²) in [7, 11) is 0. The van der Waals surface area contributed by atoms with Gasteiger partial charge in [-0.3, -0.25) is 0 Å². The minimum Gasteiger partial charge on any atom is -0.328 e. The predicted molar refractivity (Wildman–Crippen MR) is 79.4 cm³/mol. The van der Waals surface area contributed by atoms with Gasteiger partial charge in [0.2, 0.25) is 0 Å². The highest BCUT2D eigenvalue weighted by Crippen LogP contribution is 2.28. The van der Waals surface area contributed by atoms with Gasteiger partial charge in [0.25, 0.3) is 0 Å². The Labute approximate surface area is 119 Å². The Morgan fingerprint density at radius 2 is 2.10 bits per heavy atom. The van der Waals surface area contributed by atoms with E-state index >= 15 is 0 Å². The largest absolute Gasteiger partial charge is 0.328 e. The van der Waals surface area contributed by atoms with E-state index in [-0.39, 0.29) is 0 Å². The van der Waals surface area contributed by atoms with Crippen molar-refractivity contribution in [1.29, 1.82) is 5.26 Å². The minimum atomic E-state index is 0.417.